The summed E-state index contributed by atoms with van der Waals surface area (Å²) in [6.45, 7) is 4.23. The maximum Gasteiger partial charge on any atom is 0.132 e. The van der Waals surface area contributed by atoms with E-state index in [-0.39, 0.29) is 0 Å². The first kappa shape index (κ1) is 13.4. The van der Waals surface area contributed by atoms with Crippen LogP contribution in [-0.2, 0) is 6.54 Å². The largest absolute Gasteiger partial charge is 0.352 e. The maximum atomic E-state index is 5.61. The van der Waals surface area contributed by atoms with E-state index in [4.69, 9.17) is 5.73 Å². The van der Waals surface area contributed by atoms with E-state index in [1.165, 1.54) is 0 Å². The Hall–Kier alpha value is -2.01. The van der Waals surface area contributed by atoms with Gasteiger partial charge < -0.3 is 10.6 Å². The van der Waals surface area contributed by atoms with Crippen LogP contribution in [0.4, 0.5) is 5.82 Å². The quantitative estimate of drug-likeness (QED) is 0.850. The summed E-state index contributed by atoms with van der Waals surface area (Å²) in [5.74, 6) is 1.71. The fraction of sp³-hybridized carbons (Fsp3) is 0.357. The molecule has 2 aromatic heterocycles. The number of aromatic nitrogens is 3. The van der Waals surface area contributed by atoms with Crippen molar-refractivity contribution in [3.05, 3.63) is 48.2 Å². The molecular weight excluding hydrogens is 238 g/mol. The molecule has 0 aliphatic carbocycles. The zero-order valence-corrected chi connectivity index (χ0v) is 11.2. The van der Waals surface area contributed by atoms with Crippen molar-refractivity contribution >= 4 is 5.82 Å². The van der Waals surface area contributed by atoms with Crippen molar-refractivity contribution in [3.8, 4) is 0 Å². The van der Waals surface area contributed by atoms with Gasteiger partial charge in [-0.15, -0.1) is 0 Å². The van der Waals surface area contributed by atoms with Gasteiger partial charge in [0, 0.05) is 31.7 Å². The summed E-state index contributed by atoms with van der Waals surface area (Å²) in [7, 11) is 0. The van der Waals surface area contributed by atoms with Crippen LogP contribution in [-0.4, -0.2) is 28.0 Å². The number of hydrogen-bond acceptors (Lipinski definition) is 5. The first-order valence-corrected chi connectivity index (χ1v) is 6.43. The first-order valence-electron chi connectivity index (χ1n) is 6.43. The average Bonchev–Trinajstić information content (AvgIpc) is 2.44. The van der Waals surface area contributed by atoms with Crippen molar-refractivity contribution in [2.75, 3.05) is 18.0 Å². The van der Waals surface area contributed by atoms with Gasteiger partial charge in [0.05, 0.1) is 0 Å². The number of nitrogens with two attached hydrogens (primary N) is 1. The Balaban J connectivity index is 2.16. The second-order valence-corrected chi connectivity index (χ2v) is 4.39. The molecule has 2 rings (SSSR count). The van der Waals surface area contributed by atoms with Crippen LogP contribution in [0.1, 0.15) is 17.8 Å². The highest BCUT2D eigenvalue weighted by atomic mass is 15.2. The lowest BCUT2D eigenvalue weighted by molar-refractivity contribution is 0.721. The molecule has 0 spiro atoms. The van der Waals surface area contributed by atoms with E-state index in [0.29, 0.717) is 6.54 Å². The van der Waals surface area contributed by atoms with Crippen LogP contribution in [0.5, 0.6) is 0 Å². The summed E-state index contributed by atoms with van der Waals surface area (Å²) in [5, 5.41) is 0. The van der Waals surface area contributed by atoms with Gasteiger partial charge in [0.15, 0.2) is 0 Å². The minimum atomic E-state index is 0.674. The standard InChI is InChI=1S/C14H19N5/c1-12-17-8-5-14(18-12)19(9-3-6-15)11-13-4-2-7-16-10-13/h2,4-5,7-8,10H,3,6,9,11,15H2,1H3. The zero-order valence-electron chi connectivity index (χ0n) is 11.2. The van der Waals surface area contributed by atoms with Gasteiger partial charge in [0.2, 0.25) is 0 Å². The van der Waals surface area contributed by atoms with Gasteiger partial charge >= 0.3 is 0 Å². The normalized spacial score (nSPS) is 10.4. The van der Waals surface area contributed by atoms with E-state index in [1.54, 1.807) is 12.4 Å². The molecule has 2 N–H and O–H groups in total. The van der Waals surface area contributed by atoms with E-state index in [1.807, 2.05) is 25.3 Å². The molecule has 0 unspecified atom stereocenters. The van der Waals surface area contributed by atoms with Gasteiger partial charge in [-0.3, -0.25) is 4.98 Å². The predicted molar refractivity (Wildman–Crippen MR) is 75.7 cm³/mol. The third-order valence-corrected chi connectivity index (χ3v) is 2.81. The van der Waals surface area contributed by atoms with Gasteiger partial charge in [-0.05, 0) is 37.6 Å². The van der Waals surface area contributed by atoms with Gasteiger partial charge in [-0.1, -0.05) is 6.07 Å². The lowest BCUT2D eigenvalue weighted by Gasteiger charge is -2.23. The molecule has 0 saturated heterocycles. The summed E-state index contributed by atoms with van der Waals surface area (Å²) < 4.78 is 0. The average molecular weight is 257 g/mol. The van der Waals surface area contributed by atoms with E-state index >= 15 is 0 Å². The van der Waals surface area contributed by atoms with Crippen LogP contribution in [0, 0.1) is 6.92 Å². The van der Waals surface area contributed by atoms with Gasteiger partial charge in [-0.25, -0.2) is 9.97 Å². The van der Waals surface area contributed by atoms with E-state index < -0.39 is 0 Å². The lowest BCUT2D eigenvalue weighted by atomic mass is 10.2. The molecule has 2 aromatic rings. The molecule has 0 aliphatic rings. The zero-order chi connectivity index (χ0) is 13.5. The Bertz CT molecular complexity index is 500. The van der Waals surface area contributed by atoms with Crippen molar-refractivity contribution in [1.29, 1.82) is 0 Å². The van der Waals surface area contributed by atoms with Crippen molar-refractivity contribution < 1.29 is 0 Å². The molecule has 0 aliphatic heterocycles. The molecule has 5 heteroatoms. The Morgan fingerprint density at radius 3 is 2.84 bits per heavy atom. The molecular formula is C14H19N5. The third-order valence-electron chi connectivity index (χ3n) is 2.81. The van der Waals surface area contributed by atoms with Gasteiger partial charge in [0.1, 0.15) is 11.6 Å². The molecule has 0 aromatic carbocycles. The molecule has 0 fully saturated rings. The Morgan fingerprint density at radius 1 is 1.26 bits per heavy atom. The van der Waals surface area contributed by atoms with Crippen LogP contribution in [0.25, 0.3) is 0 Å². The Kier molecular flexibility index (Phi) is 4.80. The highest BCUT2D eigenvalue weighted by Gasteiger charge is 2.09. The highest BCUT2D eigenvalue weighted by molar-refractivity contribution is 5.38. The summed E-state index contributed by atoms with van der Waals surface area (Å²) in [6.07, 6.45) is 6.38. The number of aryl methyl sites for hydroxylation is 1. The van der Waals surface area contributed by atoms with Crippen LogP contribution in [0.15, 0.2) is 36.8 Å². The van der Waals surface area contributed by atoms with Crippen molar-refractivity contribution in [3.63, 3.8) is 0 Å². The van der Waals surface area contributed by atoms with Crippen LogP contribution >= 0.6 is 0 Å². The molecule has 100 valence electrons. The number of nitrogens with zero attached hydrogens (tertiary/aromatic N) is 4. The molecule has 5 nitrogen and oxygen atoms in total. The predicted octanol–water partition coefficient (Wildman–Crippen LogP) is 1.54. The first-order chi connectivity index (χ1) is 9.29. The van der Waals surface area contributed by atoms with Crippen LogP contribution in [0.3, 0.4) is 0 Å². The number of pyridine rings is 1. The number of hydrogen-bond donors (Lipinski definition) is 1. The van der Waals surface area contributed by atoms with Crippen molar-refractivity contribution in [2.45, 2.75) is 19.9 Å². The fourth-order valence-corrected chi connectivity index (χ4v) is 1.89. The fourth-order valence-electron chi connectivity index (χ4n) is 1.89. The van der Waals surface area contributed by atoms with Crippen LogP contribution < -0.4 is 10.6 Å². The number of anilines is 1. The minimum absolute atomic E-state index is 0.674. The molecule has 0 saturated carbocycles. The second-order valence-electron chi connectivity index (χ2n) is 4.39. The summed E-state index contributed by atoms with van der Waals surface area (Å²) in [5.41, 5.74) is 6.77. The van der Waals surface area contributed by atoms with Crippen molar-refractivity contribution in [2.24, 2.45) is 5.73 Å². The van der Waals surface area contributed by atoms with Crippen molar-refractivity contribution in [1.82, 2.24) is 15.0 Å². The highest BCUT2D eigenvalue weighted by Crippen LogP contribution is 2.14. The van der Waals surface area contributed by atoms with E-state index in [2.05, 4.69) is 25.9 Å². The van der Waals surface area contributed by atoms with E-state index in [9.17, 15) is 0 Å². The van der Waals surface area contributed by atoms with Gasteiger partial charge in [-0.2, -0.15) is 0 Å². The molecule has 0 radical (unpaired) electrons. The monoisotopic (exact) mass is 257 g/mol. The second kappa shape index (κ2) is 6.80. The molecule has 19 heavy (non-hydrogen) atoms. The molecule has 0 amide bonds. The molecule has 2 heterocycles. The Morgan fingerprint density at radius 2 is 2.16 bits per heavy atom. The Labute approximate surface area is 113 Å². The molecule has 0 atom stereocenters. The molecule has 0 bridgehead atoms. The summed E-state index contributed by atoms with van der Waals surface area (Å²) in [6, 6.07) is 5.94. The maximum absolute atomic E-state index is 5.61. The SMILES string of the molecule is Cc1nccc(N(CCCN)Cc2cccnc2)n1. The minimum Gasteiger partial charge on any atom is -0.352 e. The lowest BCUT2D eigenvalue weighted by Crippen LogP contribution is -2.26. The smallest absolute Gasteiger partial charge is 0.132 e. The van der Waals surface area contributed by atoms with Crippen LogP contribution in [0.2, 0.25) is 0 Å². The third kappa shape index (κ3) is 3.99. The summed E-state index contributed by atoms with van der Waals surface area (Å²) >= 11 is 0. The number of rotatable bonds is 6. The van der Waals surface area contributed by atoms with Gasteiger partial charge in [0.25, 0.3) is 0 Å². The van der Waals surface area contributed by atoms with E-state index in [0.717, 1.165) is 36.7 Å². The topological polar surface area (TPSA) is 67.9 Å². The summed E-state index contributed by atoms with van der Waals surface area (Å²) in [4.78, 5) is 15.0.